The number of hydrogen-bond acceptors (Lipinski definition) is 4. The summed E-state index contributed by atoms with van der Waals surface area (Å²) in [4.78, 5) is 0. The molecule has 0 radical (unpaired) electrons. The summed E-state index contributed by atoms with van der Waals surface area (Å²) < 4.78 is 0. The molecule has 4 aliphatic rings. The highest BCUT2D eigenvalue weighted by Crippen LogP contribution is 2.59. The monoisotopic (exact) mass is 264 g/mol. The predicted octanol–water partition coefficient (Wildman–Crippen LogP) is 2.47. The lowest BCUT2D eigenvalue weighted by Crippen LogP contribution is -2.62. The van der Waals surface area contributed by atoms with Crippen LogP contribution in [0.25, 0.3) is 0 Å². The van der Waals surface area contributed by atoms with Crippen LogP contribution in [0.2, 0.25) is 0 Å². The second-order valence-corrected chi connectivity index (χ2v) is 7.47. The van der Waals surface area contributed by atoms with E-state index in [2.05, 4.69) is 0 Å². The third kappa shape index (κ3) is 1.20. The molecule has 80 valence electrons. The molecule has 0 unspecified atom stereocenters. The molecule has 0 aromatic rings. The predicted molar refractivity (Wildman–Crippen MR) is 74.3 cm³/mol. The zero-order valence-corrected chi connectivity index (χ0v) is 11.4. The third-order valence-corrected chi connectivity index (χ3v) is 7.66. The molecule has 4 rings (SSSR count). The zero-order chi connectivity index (χ0) is 10.0. The van der Waals surface area contributed by atoms with Gasteiger partial charge in [0.25, 0.3) is 0 Å². The van der Waals surface area contributed by atoms with Gasteiger partial charge in [-0.3, -0.25) is 0 Å². The molecule has 0 aromatic heterocycles. The second kappa shape index (κ2) is 3.44. The van der Waals surface area contributed by atoms with E-state index in [1.165, 1.54) is 12.8 Å². The van der Waals surface area contributed by atoms with E-state index < -0.39 is 0 Å². The van der Waals surface area contributed by atoms with E-state index in [4.69, 9.17) is 50.5 Å². The number of thiol groups is 4. The van der Waals surface area contributed by atoms with Crippen LogP contribution in [0.1, 0.15) is 12.8 Å². The lowest BCUT2D eigenvalue weighted by Gasteiger charge is -2.61. The summed E-state index contributed by atoms with van der Waals surface area (Å²) in [5.41, 5.74) is 0. The fourth-order valence-electron chi connectivity index (χ4n) is 3.82. The van der Waals surface area contributed by atoms with Gasteiger partial charge in [0.1, 0.15) is 0 Å². The maximum Gasteiger partial charge on any atom is 0.00947 e. The van der Waals surface area contributed by atoms with Gasteiger partial charge in [0.05, 0.1) is 0 Å². The molecule has 14 heavy (non-hydrogen) atoms. The largest absolute Gasteiger partial charge is 0.175 e. The topological polar surface area (TPSA) is 0 Å². The van der Waals surface area contributed by atoms with Crippen LogP contribution < -0.4 is 0 Å². The Morgan fingerprint density at radius 2 is 0.714 bits per heavy atom. The highest BCUT2D eigenvalue weighted by Gasteiger charge is 2.58. The van der Waals surface area contributed by atoms with E-state index in [-0.39, 0.29) is 0 Å². The van der Waals surface area contributed by atoms with Gasteiger partial charge in [-0.05, 0) is 36.5 Å². The average molecular weight is 265 g/mol. The van der Waals surface area contributed by atoms with Gasteiger partial charge in [0, 0.05) is 21.0 Å². The maximum absolute atomic E-state index is 4.77. The highest BCUT2D eigenvalue weighted by atomic mass is 32.1. The molecule has 4 bridgehead atoms. The van der Waals surface area contributed by atoms with E-state index >= 15 is 0 Å². The van der Waals surface area contributed by atoms with Gasteiger partial charge in [-0.2, -0.15) is 50.5 Å². The van der Waals surface area contributed by atoms with Gasteiger partial charge in [0.2, 0.25) is 0 Å². The molecular formula is C10H16S4. The molecule has 0 spiro atoms. The Bertz CT molecular complexity index is 191. The van der Waals surface area contributed by atoms with Crippen molar-refractivity contribution in [2.24, 2.45) is 23.7 Å². The Balaban J connectivity index is 1.98. The Morgan fingerprint density at radius 3 is 0.929 bits per heavy atom. The molecule has 0 amide bonds. The van der Waals surface area contributed by atoms with Crippen molar-refractivity contribution < 1.29 is 0 Å². The molecule has 0 saturated heterocycles. The van der Waals surface area contributed by atoms with E-state index in [1.54, 1.807) is 0 Å². The van der Waals surface area contributed by atoms with Crippen molar-refractivity contribution in [1.82, 2.24) is 0 Å². The summed E-state index contributed by atoms with van der Waals surface area (Å²) in [6, 6.07) is 0. The Hall–Kier alpha value is 1.40. The normalized spacial score (nSPS) is 66.0. The Labute approximate surface area is 108 Å². The maximum atomic E-state index is 4.77. The van der Waals surface area contributed by atoms with Crippen molar-refractivity contribution in [3.8, 4) is 0 Å². The van der Waals surface area contributed by atoms with Crippen molar-refractivity contribution in [3.05, 3.63) is 0 Å². The summed E-state index contributed by atoms with van der Waals surface area (Å²) in [5.74, 6) is 2.84. The molecule has 0 aliphatic heterocycles. The highest BCUT2D eigenvalue weighted by molar-refractivity contribution is 7.83. The van der Waals surface area contributed by atoms with Crippen LogP contribution in [-0.4, -0.2) is 21.0 Å². The minimum Gasteiger partial charge on any atom is -0.175 e. The molecule has 4 heteroatoms. The first-order chi connectivity index (χ1) is 6.61. The van der Waals surface area contributed by atoms with Crippen molar-refractivity contribution in [3.63, 3.8) is 0 Å². The number of rotatable bonds is 0. The van der Waals surface area contributed by atoms with Crippen molar-refractivity contribution in [1.29, 1.82) is 0 Å². The molecule has 4 saturated carbocycles. The van der Waals surface area contributed by atoms with Crippen LogP contribution in [0.5, 0.6) is 0 Å². The molecular weight excluding hydrogens is 248 g/mol. The Morgan fingerprint density at radius 1 is 0.500 bits per heavy atom. The standard InChI is InChI=1S/C10H16S4/c11-7-3-1-4-9(13)5(7)2-6(8(3)12)10(4)14/h3-14H,1-2H2. The molecule has 0 nitrogen and oxygen atoms in total. The minimum absolute atomic E-state index is 0.535. The quantitative estimate of drug-likeness (QED) is 0.475. The van der Waals surface area contributed by atoms with Gasteiger partial charge in [-0.15, -0.1) is 0 Å². The average Bonchev–Trinajstić information content (AvgIpc) is 2.13. The van der Waals surface area contributed by atoms with Gasteiger partial charge in [-0.25, -0.2) is 0 Å². The lowest BCUT2D eigenvalue weighted by atomic mass is 9.55. The third-order valence-electron chi connectivity index (χ3n) is 4.60. The van der Waals surface area contributed by atoms with Gasteiger partial charge in [0.15, 0.2) is 0 Å². The van der Waals surface area contributed by atoms with Crippen LogP contribution in [0, 0.1) is 23.7 Å². The summed E-state index contributed by atoms with van der Waals surface area (Å²) in [6.07, 6.45) is 2.50. The van der Waals surface area contributed by atoms with E-state index in [9.17, 15) is 0 Å². The molecule has 4 aliphatic carbocycles. The number of hydrogen-bond donors (Lipinski definition) is 4. The van der Waals surface area contributed by atoms with Crippen LogP contribution in [0.15, 0.2) is 0 Å². The van der Waals surface area contributed by atoms with Crippen molar-refractivity contribution in [2.45, 2.75) is 33.8 Å². The van der Waals surface area contributed by atoms with Gasteiger partial charge in [-0.1, -0.05) is 0 Å². The van der Waals surface area contributed by atoms with Crippen molar-refractivity contribution in [2.75, 3.05) is 0 Å². The first-order valence-electron chi connectivity index (χ1n) is 5.33. The molecule has 0 heterocycles. The minimum atomic E-state index is 0.535. The van der Waals surface area contributed by atoms with E-state index in [0.717, 1.165) is 0 Å². The zero-order valence-electron chi connectivity index (χ0n) is 7.82. The summed E-state index contributed by atoms with van der Waals surface area (Å²) in [6.45, 7) is 0. The van der Waals surface area contributed by atoms with Gasteiger partial charge >= 0.3 is 0 Å². The lowest BCUT2D eigenvalue weighted by molar-refractivity contribution is 0.0505. The summed E-state index contributed by atoms with van der Waals surface area (Å²) in [7, 11) is 0. The molecule has 0 atom stereocenters. The van der Waals surface area contributed by atoms with Crippen molar-refractivity contribution >= 4 is 50.5 Å². The smallest absolute Gasteiger partial charge is 0.00947 e. The fourth-order valence-corrected chi connectivity index (χ4v) is 6.82. The molecule has 0 N–H and O–H groups in total. The summed E-state index contributed by atoms with van der Waals surface area (Å²) in [5, 5.41) is 2.14. The van der Waals surface area contributed by atoms with E-state index in [1.807, 2.05) is 0 Å². The van der Waals surface area contributed by atoms with Crippen LogP contribution in [0.3, 0.4) is 0 Å². The first kappa shape index (κ1) is 10.5. The van der Waals surface area contributed by atoms with Crippen LogP contribution in [0.4, 0.5) is 0 Å². The van der Waals surface area contributed by atoms with Crippen LogP contribution >= 0.6 is 50.5 Å². The fraction of sp³-hybridized carbons (Fsp3) is 1.00. The first-order valence-corrected chi connectivity index (χ1v) is 7.40. The second-order valence-electron chi connectivity index (χ2n) is 5.09. The van der Waals surface area contributed by atoms with Crippen LogP contribution in [-0.2, 0) is 0 Å². The molecule has 4 fully saturated rings. The summed E-state index contributed by atoms with van der Waals surface area (Å²) >= 11 is 19.1. The van der Waals surface area contributed by atoms with Gasteiger partial charge < -0.3 is 0 Å². The molecule has 0 aromatic carbocycles. The SMILES string of the molecule is SC1C2CC3C(S)C1CC(C2S)C3S. The Kier molecular flexibility index (Phi) is 2.59. The van der Waals surface area contributed by atoms with E-state index in [0.29, 0.717) is 44.7 Å².